The van der Waals surface area contributed by atoms with E-state index in [-0.39, 0.29) is 36.2 Å². The number of halogens is 3. The fourth-order valence-corrected chi connectivity index (χ4v) is 5.65. The molecule has 1 aromatic rings. The molecule has 0 aromatic carbocycles. The van der Waals surface area contributed by atoms with Gasteiger partial charge in [0.1, 0.15) is 0 Å². The highest BCUT2D eigenvalue weighted by Gasteiger charge is 2.49. The summed E-state index contributed by atoms with van der Waals surface area (Å²) in [6.45, 7) is 1.09. The zero-order valence-corrected chi connectivity index (χ0v) is 14.8. The smallest absolute Gasteiger partial charge is 0.365 e. The van der Waals surface area contributed by atoms with Crippen molar-refractivity contribution in [3.05, 3.63) is 10.6 Å². The Bertz CT molecular complexity index is 778. The van der Waals surface area contributed by atoms with Gasteiger partial charge in [-0.2, -0.15) is 13.2 Å². The molecule has 1 fully saturated rings. The van der Waals surface area contributed by atoms with E-state index in [0.717, 1.165) is 16.2 Å². The number of alkyl halides is 3. The highest BCUT2D eigenvalue weighted by atomic mass is 32.2. The third-order valence-corrected chi connectivity index (χ3v) is 6.89. The number of hydrogen-bond acceptors (Lipinski definition) is 6. The Morgan fingerprint density at radius 2 is 2.16 bits per heavy atom. The Labute approximate surface area is 146 Å². The van der Waals surface area contributed by atoms with Crippen LogP contribution in [0.5, 0.6) is 0 Å². The van der Waals surface area contributed by atoms with Gasteiger partial charge in [-0.25, -0.2) is 18.2 Å². The number of nitrogens with zero attached hydrogens (tertiary/aromatic N) is 2. The molecule has 3 heterocycles. The zero-order chi connectivity index (χ0) is 18.4. The summed E-state index contributed by atoms with van der Waals surface area (Å²) in [5, 5.41) is 2.66. The topological polar surface area (TPSA) is 88.6 Å². The quantitative estimate of drug-likeness (QED) is 0.778. The number of aryl methyl sites for hydroxylation is 1. The lowest BCUT2D eigenvalue weighted by Gasteiger charge is -2.39. The lowest BCUT2D eigenvalue weighted by molar-refractivity contribution is -0.246. The number of amides is 2. The van der Waals surface area contributed by atoms with E-state index in [9.17, 15) is 26.4 Å². The van der Waals surface area contributed by atoms with E-state index in [4.69, 9.17) is 4.74 Å². The van der Waals surface area contributed by atoms with E-state index in [1.807, 2.05) is 0 Å². The molecule has 2 atom stereocenters. The molecule has 7 nitrogen and oxygen atoms in total. The van der Waals surface area contributed by atoms with Crippen molar-refractivity contribution in [2.45, 2.75) is 37.4 Å². The molecule has 0 radical (unpaired) electrons. The Balaban J connectivity index is 1.71. The molecule has 0 saturated carbocycles. The van der Waals surface area contributed by atoms with E-state index in [0.29, 0.717) is 10.6 Å². The Kier molecular flexibility index (Phi) is 4.71. The van der Waals surface area contributed by atoms with Crippen LogP contribution < -0.4 is 5.32 Å². The molecule has 12 heteroatoms. The van der Waals surface area contributed by atoms with Crippen molar-refractivity contribution in [2.75, 3.05) is 24.2 Å². The van der Waals surface area contributed by atoms with Crippen molar-refractivity contribution in [3.8, 4) is 0 Å². The second-order valence-corrected chi connectivity index (χ2v) is 9.20. The maximum absolute atomic E-state index is 12.9. The molecule has 2 aliphatic rings. The van der Waals surface area contributed by atoms with Gasteiger partial charge in [-0.05, 0) is 6.92 Å². The standard InChI is InChI=1S/C13H16F3N3O4S2/c1-7-10(13(14,15)16)23-4-3-19(7)12(20)18-11-17-8-2-5-25(21,22)6-9(8)24-11/h7,10H,2-6H2,1H3,(H,17,18,20). The summed E-state index contributed by atoms with van der Waals surface area (Å²) in [7, 11) is -3.16. The number of fused-ring (bicyclic) bond motifs is 1. The van der Waals surface area contributed by atoms with E-state index < -0.39 is 34.2 Å². The van der Waals surface area contributed by atoms with Crippen LogP contribution >= 0.6 is 11.3 Å². The highest BCUT2D eigenvalue weighted by Crippen LogP contribution is 2.32. The molecule has 25 heavy (non-hydrogen) atoms. The number of carbonyl (C=O) groups is 1. The monoisotopic (exact) mass is 399 g/mol. The Morgan fingerprint density at radius 3 is 2.84 bits per heavy atom. The van der Waals surface area contributed by atoms with Crippen LogP contribution in [-0.2, 0) is 26.7 Å². The van der Waals surface area contributed by atoms with Crippen molar-refractivity contribution in [2.24, 2.45) is 0 Å². The fraction of sp³-hybridized carbons (Fsp3) is 0.692. The predicted octanol–water partition coefficient (Wildman–Crippen LogP) is 1.80. The molecule has 0 bridgehead atoms. The van der Waals surface area contributed by atoms with Crippen LogP contribution in [-0.4, -0.2) is 61.6 Å². The van der Waals surface area contributed by atoms with Crippen molar-refractivity contribution in [1.82, 2.24) is 9.88 Å². The number of ether oxygens (including phenoxy) is 1. The Morgan fingerprint density at radius 1 is 1.44 bits per heavy atom. The summed E-state index contributed by atoms with van der Waals surface area (Å²) in [6, 6.07) is -1.89. The first-order chi connectivity index (χ1) is 11.6. The molecule has 0 spiro atoms. The van der Waals surface area contributed by atoms with Gasteiger partial charge in [0.2, 0.25) is 0 Å². The van der Waals surface area contributed by atoms with Gasteiger partial charge in [0.15, 0.2) is 21.1 Å². The van der Waals surface area contributed by atoms with Gasteiger partial charge in [-0.15, -0.1) is 11.3 Å². The van der Waals surface area contributed by atoms with Crippen LogP contribution in [0, 0.1) is 0 Å². The fourth-order valence-electron chi connectivity index (χ4n) is 2.87. The first-order valence-electron chi connectivity index (χ1n) is 7.52. The number of urea groups is 1. The summed E-state index contributed by atoms with van der Waals surface area (Å²) >= 11 is 1.04. The molecule has 3 rings (SSSR count). The lowest BCUT2D eigenvalue weighted by Crippen LogP contribution is -2.58. The number of rotatable bonds is 1. The van der Waals surface area contributed by atoms with Gasteiger partial charge >= 0.3 is 12.2 Å². The number of nitrogens with one attached hydrogen (secondary N) is 1. The molecule has 140 valence electrons. The summed E-state index contributed by atoms with van der Waals surface area (Å²) in [4.78, 5) is 18.1. The van der Waals surface area contributed by atoms with Crippen LogP contribution in [0.2, 0.25) is 0 Å². The summed E-state index contributed by atoms with van der Waals surface area (Å²) < 4.78 is 66.8. The van der Waals surface area contributed by atoms with E-state index in [2.05, 4.69) is 10.3 Å². The third kappa shape index (κ3) is 3.90. The van der Waals surface area contributed by atoms with Crippen LogP contribution in [0.15, 0.2) is 0 Å². The van der Waals surface area contributed by atoms with Gasteiger partial charge in [-0.1, -0.05) is 0 Å². The first kappa shape index (κ1) is 18.4. The van der Waals surface area contributed by atoms with Crippen molar-refractivity contribution >= 4 is 32.3 Å². The van der Waals surface area contributed by atoms with Gasteiger partial charge in [0.25, 0.3) is 0 Å². The van der Waals surface area contributed by atoms with Crippen molar-refractivity contribution < 1.29 is 31.1 Å². The predicted molar refractivity (Wildman–Crippen MR) is 84.3 cm³/mol. The van der Waals surface area contributed by atoms with Crippen LogP contribution in [0.25, 0.3) is 0 Å². The zero-order valence-electron chi connectivity index (χ0n) is 13.2. The number of carbonyl (C=O) groups excluding carboxylic acids is 1. The molecule has 2 amide bonds. The minimum Gasteiger partial charge on any atom is -0.365 e. The van der Waals surface area contributed by atoms with Gasteiger partial charge < -0.3 is 9.64 Å². The molecule has 2 unspecified atom stereocenters. The molecule has 2 aliphatic heterocycles. The third-order valence-electron chi connectivity index (χ3n) is 4.14. The van der Waals surface area contributed by atoms with Crippen LogP contribution in [0.3, 0.4) is 0 Å². The molecular weight excluding hydrogens is 383 g/mol. The van der Waals surface area contributed by atoms with E-state index >= 15 is 0 Å². The molecule has 1 aromatic heterocycles. The minimum atomic E-state index is -4.56. The largest absolute Gasteiger partial charge is 0.416 e. The second kappa shape index (κ2) is 6.40. The number of anilines is 1. The summed E-state index contributed by atoms with van der Waals surface area (Å²) in [5.74, 6) is -0.120. The number of morpholine rings is 1. The number of sulfone groups is 1. The average Bonchev–Trinajstić information content (AvgIpc) is 2.86. The molecular formula is C13H16F3N3O4S2. The Hall–Kier alpha value is -1.40. The van der Waals surface area contributed by atoms with E-state index in [1.165, 1.54) is 6.92 Å². The number of hydrogen-bond donors (Lipinski definition) is 1. The lowest BCUT2D eigenvalue weighted by atomic mass is 10.1. The van der Waals surface area contributed by atoms with Gasteiger partial charge in [0, 0.05) is 17.8 Å². The van der Waals surface area contributed by atoms with E-state index in [1.54, 1.807) is 0 Å². The summed E-state index contributed by atoms with van der Waals surface area (Å²) in [5.41, 5.74) is 0.610. The summed E-state index contributed by atoms with van der Waals surface area (Å²) in [6.07, 6.45) is -6.33. The molecule has 0 aliphatic carbocycles. The SMILES string of the molecule is CC1C(C(F)(F)F)OCCN1C(=O)Nc1nc2c(s1)CS(=O)(=O)CC2. The van der Waals surface area contributed by atoms with Crippen molar-refractivity contribution in [1.29, 1.82) is 0 Å². The maximum atomic E-state index is 12.9. The number of aromatic nitrogens is 1. The average molecular weight is 399 g/mol. The minimum absolute atomic E-state index is 0.00484. The number of thiazole rings is 1. The van der Waals surface area contributed by atoms with Gasteiger partial charge in [-0.3, -0.25) is 5.32 Å². The molecule has 1 N–H and O–H groups in total. The maximum Gasteiger partial charge on any atom is 0.416 e. The normalized spacial score (nSPS) is 26.2. The molecule has 1 saturated heterocycles. The van der Waals surface area contributed by atoms with Crippen LogP contribution in [0.1, 0.15) is 17.5 Å². The van der Waals surface area contributed by atoms with Crippen LogP contribution in [0.4, 0.5) is 23.1 Å². The van der Waals surface area contributed by atoms with Crippen molar-refractivity contribution in [3.63, 3.8) is 0 Å². The van der Waals surface area contributed by atoms with Gasteiger partial charge in [0.05, 0.1) is 29.8 Å². The first-order valence-corrected chi connectivity index (χ1v) is 10.2. The second-order valence-electron chi connectivity index (χ2n) is 5.93. The highest BCUT2D eigenvalue weighted by molar-refractivity contribution is 7.90.